The molecule has 0 aliphatic carbocycles. The Kier molecular flexibility index (Phi) is 5.21. The molecule has 3 aromatic rings. The first-order valence-corrected chi connectivity index (χ1v) is 9.70. The summed E-state index contributed by atoms with van der Waals surface area (Å²) in [6, 6.07) is 9.91. The first-order valence-electron chi connectivity index (χ1n) is 8.65. The molecular weight excluding hydrogens is 383 g/mol. The van der Waals surface area contributed by atoms with Crippen molar-refractivity contribution in [3.05, 3.63) is 84.0 Å². The van der Waals surface area contributed by atoms with Crippen LogP contribution >= 0.6 is 11.8 Å². The number of halogens is 1. The van der Waals surface area contributed by atoms with Gasteiger partial charge in [0.15, 0.2) is 0 Å². The van der Waals surface area contributed by atoms with Crippen LogP contribution < -0.4 is 5.32 Å². The highest BCUT2D eigenvalue weighted by atomic mass is 32.2. The van der Waals surface area contributed by atoms with Crippen molar-refractivity contribution in [1.82, 2.24) is 10.2 Å². The summed E-state index contributed by atoms with van der Waals surface area (Å²) in [6.07, 6.45) is 4.62. The number of rotatable bonds is 5. The van der Waals surface area contributed by atoms with Gasteiger partial charge in [-0.2, -0.15) is 0 Å². The van der Waals surface area contributed by atoms with E-state index in [1.54, 1.807) is 24.5 Å². The highest BCUT2D eigenvalue weighted by Gasteiger charge is 2.42. The fourth-order valence-corrected chi connectivity index (χ4v) is 4.48. The summed E-state index contributed by atoms with van der Waals surface area (Å²) in [5.41, 5.74) is 1.11. The van der Waals surface area contributed by atoms with Gasteiger partial charge in [0.2, 0.25) is 5.91 Å². The van der Waals surface area contributed by atoms with Crippen molar-refractivity contribution in [1.29, 1.82) is 0 Å². The van der Waals surface area contributed by atoms with E-state index >= 15 is 0 Å². The highest BCUT2D eigenvalue weighted by molar-refractivity contribution is 7.99. The van der Waals surface area contributed by atoms with E-state index in [0.717, 1.165) is 5.56 Å². The van der Waals surface area contributed by atoms with Gasteiger partial charge in [0.05, 0.1) is 25.3 Å². The fraction of sp³-hybridized carbons (Fsp3) is 0.200. The smallest absolute Gasteiger partial charge is 0.255 e. The molecule has 2 atom stereocenters. The third kappa shape index (κ3) is 3.68. The Morgan fingerprint density at radius 1 is 1.18 bits per heavy atom. The second kappa shape index (κ2) is 7.93. The maximum Gasteiger partial charge on any atom is 0.255 e. The molecule has 0 spiro atoms. The largest absolute Gasteiger partial charge is 0.472 e. The zero-order valence-corrected chi connectivity index (χ0v) is 15.5. The Bertz CT molecular complexity index is 941. The summed E-state index contributed by atoms with van der Waals surface area (Å²) in [7, 11) is 0. The van der Waals surface area contributed by atoms with Gasteiger partial charge in [-0.1, -0.05) is 0 Å². The van der Waals surface area contributed by atoms with Crippen LogP contribution in [0.25, 0.3) is 0 Å². The standard InChI is InChI=1S/C20H17FN2O4S/c21-15-5-3-13(4-6-15)19(25)23-17(12-28-20(23)14-7-9-26-11-14)18(24)22-10-16-2-1-8-27-16/h1-9,11,17,20H,10,12H2,(H,22,24). The molecule has 1 aliphatic rings. The van der Waals surface area contributed by atoms with Crippen LogP contribution in [0.4, 0.5) is 4.39 Å². The van der Waals surface area contributed by atoms with E-state index in [1.807, 2.05) is 0 Å². The van der Waals surface area contributed by atoms with Crippen LogP contribution in [0.3, 0.4) is 0 Å². The molecule has 1 N–H and O–H groups in total. The Balaban J connectivity index is 1.58. The molecule has 4 rings (SSSR count). The van der Waals surface area contributed by atoms with E-state index in [9.17, 15) is 14.0 Å². The Hall–Kier alpha value is -3.00. The van der Waals surface area contributed by atoms with Crippen molar-refractivity contribution in [3.8, 4) is 0 Å². The Labute approximate surface area is 164 Å². The predicted molar refractivity (Wildman–Crippen MR) is 101 cm³/mol. The van der Waals surface area contributed by atoms with Crippen molar-refractivity contribution in [3.63, 3.8) is 0 Å². The SMILES string of the molecule is O=C(NCc1ccco1)C1CSC(c2ccoc2)N1C(=O)c1ccc(F)cc1. The topological polar surface area (TPSA) is 75.7 Å². The van der Waals surface area contributed by atoms with Crippen LogP contribution in [0, 0.1) is 5.82 Å². The molecule has 0 bridgehead atoms. The van der Waals surface area contributed by atoms with Crippen LogP contribution in [0.5, 0.6) is 0 Å². The first-order chi connectivity index (χ1) is 13.6. The molecule has 2 amide bonds. The zero-order valence-electron chi connectivity index (χ0n) is 14.7. The van der Waals surface area contributed by atoms with E-state index < -0.39 is 11.9 Å². The minimum atomic E-state index is -0.669. The molecule has 144 valence electrons. The van der Waals surface area contributed by atoms with Gasteiger partial charge in [0.1, 0.15) is 23.0 Å². The summed E-state index contributed by atoms with van der Waals surface area (Å²) >= 11 is 1.48. The number of benzene rings is 1. The lowest BCUT2D eigenvalue weighted by molar-refractivity contribution is -0.125. The Morgan fingerprint density at radius 3 is 2.68 bits per heavy atom. The summed E-state index contributed by atoms with van der Waals surface area (Å²) in [5.74, 6) is 0.0280. The average molecular weight is 400 g/mol. The second-order valence-corrected chi connectivity index (χ2v) is 7.39. The van der Waals surface area contributed by atoms with Gasteiger partial charge in [-0.15, -0.1) is 11.8 Å². The molecule has 1 fully saturated rings. The minimum Gasteiger partial charge on any atom is -0.472 e. The maximum absolute atomic E-state index is 13.3. The van der Waals surface area contributed by atoms with Gasteiger partial charge in [-0.3, -0.25) is 9.59 Å². The number of thioether (sulfide) groups is 1. The maximum atomic E-state index is 13.3. The first kappa shape index (κ1) is 18.4. The van der Waals surface area contributed by atoms with Gasteiger partial charge in [0.25, 0.3) is 5.91 Å². The van der Waals surface area contributed by atoms with Gasteiger partial charge < -0.3 is 19.1 Å². The molecule has 28 heavy (non-hydrogen) atoms. The number of nitrogens with zero attached hydrogens (tertiary/aromatic N) is 1. The van der Waals surface area contributed by atoms with Crippen LogP contribution in [0.15, 0.2) is 70.1 Å². The summed E-state index contributed by atoms with van der Waals surface area (Å²) in [5, 5.41) is 2.45. The van der Waals surface area contributed by atoms with E-state index in [1.165, 1.54) is 53.5 Å². The third-order valence-electron chi connectivity index (χ3n) is 4.47. The monoisotopic (exact) mass is 400 g/mol. The molecule has 1 saturated heterocycles. The van der Waals surface area contributed by atoms with E-state index in [-0.39, 0.29) is 23.7 Å². The summed E-state index contributed by atoms with van der Waals surface area (Å²) in [6.45, 7) is 0.238. The number of carbonyl (C=O) groups excluding carboxylic acids is 2. The predicted octanol–water partition coefficient (Wildman–Crippen LogP) is 3.58. The number of hydrogen-bond acceptors (Lipinski definition) is 5. The van der Waals surface area contributed by atoms with Crippen molar-refractivity contribution < 1.29 is 22.8 Å². The quantitative estimate of drug-likeness (QED) is 0.708. The molecule has 1 aromatic carbocycles. The third-order valence-corrected chi connectivity index (χ3v) is 5.80. The summed E-state index contributed by atoms with van der Waals surface area (Å²) < 4.78 is 23.6. The van der Waals surface area contributed by atoms with Gasteiger partial charge in [-0.25, -0.2) is 4.39 Å². The van der Waals surface area contributed by atoms with Crippen molar-refractivity contribution in [2.75, 3.05) is 5.75 Å². The number of hydrogen-bond donors (Lipinski definition) is 1. The van der Waals surface area contributed by atoms with E-state index in [0.29, 0.717) is 17.1 Å². The number of nitrogens with one attached hydrogen (secondary N) is 1. The van der Waals surface area contributed by atoms with Gasteiger partial charge in [-0.05, 0) is 42.5 Å². The van der Waals surface area contributed by atoms with E-state index in [2.05, 4.69) is 5.32 Å². The van der Waals surface area contributed by atoms with Crippen molar-refractivity contribution in [2.24, 2.45) is 0 Å². The Morgan fingerprint density at radius 2 is 2.00 bits per heavy atom. The number of carbonyl (C=O) groups is 2. The van der Waals surface area contributed by atoms with Crippen LogP contribution in [-0.4, -0.2) is 28.5 Å². The molecule has 1 aliphatic heterocycles. The van der Waals surface area contributed by atoms with Crippen LogP contribution in [0.2, 0.25) is 0 Å². The molecule has 2 unspecified atom stereocenters. The number of amides is 2. The molecule has 3 heterocycles. The average Bonchev–Trinajstić information content (AvgIpc) is 3.47. The second-order valence-electron chi connectivity index (χ2n) is 6.27. The van der Waals surface area contributed by atoms with E-state index in [4.69, 9.17) is 8.83 Å². The molecule has 0 radical (unpaired) electrons. The number of furan rings is 2. The van der Waals surface area contributed by atoms with Gasteiger partial charge in [0, 0.05) is 16.9 Å². The minimum absolute atomic E-state index is 0.238. The lowest BCUT2D eigenvalue weighted by Gasteiger charge is -2.28. The molecular formula is C20H17FN2O4S. The van der Waals surface area contributed by atoms with Crippen molar-refractivity contribution in [2.45, 2.75) is 18.0 Å². The van der Waals surface area contributed by atoms with Crippen LogP contribution in [-0.2, 0) is 11.3 Å². The van der Waals surface area contributed by atoms with Crippen molar-refractivity contribution >= 4 is 23.6 Å². The lowest BCUT2D eigenvalue weighted by atomic mass is 10.1. The summed E-state index contributed by atoms with van der Waals surface area (Å²) in [4.78, 5) is 27.5. The highest BCUT2D eigenvalue weighted by Crippen LogP contribution is 2.42. The molecule has 8 heteroatoms. The molecule has 0 saturated carbocycles. The molecule has 2 aromatic heterocycles. The van der Waals surface area contributed by atoms with Gasteiger partial charge >= 0.3 is 0 Å². The fourth-order valence-electron chi connectivity index (χ4n) is 3.08. The lowest BCUT2D eigenvalue weighted by Crippen LogP contribution is -2.47. The normalized spacial score (nSPS) is 19.0. The zero-order chi connectivity index (χ0) is 19.5. The van der Waals surface area contributed by atoms with Crippen LogP contribution in [0.1, 0.15) is 27.1 Å². The molecule has 6 nitrogen and oxygen atoms in total.